The molecule has 1 aromatic carbocycles. The standard InChI is InChI=1S/C12H11ClN2O2/c1-7-8(2)17-12(16)15(7)9-4-5-11(14-3)10(13)6-9/h4-8H,1-2H3/t7-,8-/m0/s1. The third-order valence-corrected chi connectivity index (χ3v) is 3.20. The van der Waals surface area contributed by atoms with Gasteiger partial charge >= 0.3 is 6.09 Å². The van der Waals surface area contributed by atoms with Gasteiger partial charge in [-0.2, -0.15) is 0 Å². The highest BCUT2D eigenvalue weighted by Gasteiger charge is 2.36. The average molecular weight is 251 g/mol. The van der Waals surface area contributed by atoms with E-state index < -0.39 is 0 Å². The summed E-state index contributed by atoms with van der Waals surface area (Å²) >= 11 is 5.95. The van der Waals surface area contributed by atoms with Gasteiger partial charge in [0.25, 0.3) is 0 Å². The second kappa shape index (κ2) is 4.27. The Bertz CT molecular complexity index is 510. The minimum absolute atomic E-state index is 0.0441. The average Bonchev–Trinajstić information content (AvgIpc) is 2.53. The van der Waals surface area contributed by atoms with E-state index in [9.17, 15) is 4.79 Å². The lowest BCUT2D eigenvalue weighted by molar-refractivity contribution is 0.143. The number of anilines is 1. The fourth-order valence-electron chi connectivity index (χ4n) is 1.77. The second-order valence-electron chi connectivity index (χ2n) is 3.95. The van der Waals surface area contributed by atoms with E-state index in [0.717, 1.165) is 0 Å². The number of ether oxygens (including phenoxy) is 1. The van der Waals surface area contributed by atoms with Crippen LogP contribution in [0.25, 0.3) is 4.85 Å². The Balaban J connectivity index is 2.39. The number of hydrogen-bond acceptors (Lipinski definition) is 2. The monoisotopic (exact) mass is 250 g/mol. The molecule has 88 valence electrons. The van der Waals surface area contributed by atoms with Crippen molar-refractivity contribution in [1.29, 1.82) is 0 Å². The third-order valence-electron chi connectivity index (χ3n) is 2.90. The van der Waals surface area contributed by atoms with Crippen molar-refractivity contribution in [3.8, 4) is 0 Å². The van der Waals surface area contributed by atoms with Crippen LogP contribution >= 0.6 is 11.6 Å². The summed E-state index contributed by atoms with van der Waals surface area (Å²) < 4.78 is 5.12. The quantitative estimate of drug-likeness (QED) is 0.714. The third kappa shape index (κ3) is 1.94. The van der Waals surface area contributed by atoms with Gasteiger partial charge < -0.3 is 4.74 Å². The van der Waals surface area contributed by atoms with Gasteiger partial charge in [-0.3, -0.25) is 4.90 Å². The molecule has 4 nitrogen and oxygen atoms in total. The van der Waals surface area contributed by atoms with Gasteiger partial charge in [-0.05, 0) is 26.0 Å². The summed E-state index contributed by atoms with van der Waals surface area (Å²) in [5, 5.41) is 0.344. The lowest BCUT2D eigenvalue weighted by Gasteiger charge is -2.19. The first kappa shape index (κ1) is 11.7. The molecule has 0 saturated carbocycles. The maximum atomic E-state index is 11.7. The number of rotatable bonds is 1. The lowest BCUT2D eigenvalue weighted by atomic mass is 10.2. The van der Waals surface area contributed by atoms with Gasteiger partial charge in [-0.1, -0.05) is 17.7 Å². The van der Waals surface area contributed by atoms with Crippen LogP contribution in [0.3, 0.4) is 0 Å². The van der Waals surface area contributed by atoms with Crippen LogP contribution in [-0.2, 0) is 4.74 Å². The molecular formula is C12H11ClN2O2. The molecule has 2 atom stereocenters. The normalized spacial score (nSPS) is 23.4. The molecule has 1 amide bonds. The van der Waals surface area contributed by atoms with Crippen molar-refractivity contribution in [3.63, 3.8) is 0 Å². The number of hydrogen-bond donors (Lipinski definition) is 0. The van der Waals surface area contributed by atoms with Crippen LogP contribution in [0.2, 0.25) is 5.02 Å². The fraction of sp³-hybridized carbons (Fsp3) is 0.333. The molecule has 0 aliphatic carbocycles. The number of carbonyl (C=O) groups is 1. The van der Waals surface area contributed by atoms with Gasteiger partial charge in [-0.25, -0.2) is 9.64 Å². The van der Waals surface area contributed by atoms with E-state index in [1.807, 2.05) is 13.8 Å². The van der Waals surface area contributed by atoms with E-state index in [-0.39, 0.29) is 18.2 Å². The first-order valence-corrected chi connectivity index (χ1v) is 5.59. The summed E-state index contributed by atoms with van der Waals surface area (Å²) in [4.78, 5) is 16.5. The predicted molar refractivity (Wildman–Crippen MR) is 65.6 cm³/mol. The van der Waals surface area contributed by atoms with Crippen molar-refractivity contribution in [3.05, 3.63) is 34.6 Å². The van der Waals surface area contributed by atoms with Crippen LogP contribution in [0, 0.1) is 6.57 Å². The minimum atomic E-state index is -0.378. The summed E-state index contributed by atoms with van der Waals surface area (Å²) in [5.41, 5.74) is 1.04. The number of halogens is 1. The van der Waals surface area contributed by atoms with Crippen molar-refractivity contribution < 1.29 is 9.53 Å². The van der Waals surface area contributed by atoms with E-state index >= 15 is 0 Å². The molecule has 1 aromatic rings. The van der Waals surface area contributed by atoms with Crippen molar-refractivity contribution in [2.75, 3.05) is 4.90 Å². The maximum Gasteiger partial charge on any atom is 0.415 e. The molecule has 5 heteroatoms. The molecule has 1 fully saturated rings. The van der Waals surface area contributed by atoms with Crippen molar-refractivity contribution >= 4 is 29.1 Å². The molecule has 1 aliphatic heterocycles. The van der Waals surface area contributed by atoms with Crippen LogP contribution in [0.15, 0.2) is 18.2 Å². The lowest BCUT2D eigenvalue weighted by Crippen LogP contribution is -2.33. The molecule has 17 heavy (non-hydrogen) atoms. The Morgan fingerprint density at radius 2 is 2.18 bits per heavy atom. The van der Waals surface area contributed by atoms with Crippen LogP contribution in [0.5, 0.6) is 0 Å². The summed E-state index contributed by atoms with van der Waals surface area (Å²) in [6.45, 7) is 10.7. The number of benzene rings is 1. The van der Waals surface area contributed by atoms with E-state index in [1.54, 1.807) is 23.1 Å². The number of carbonyl (C=O) groups excluding carboxylic acids is 1. The van der Waals surface area contributed by atoms with Gasteiger partial charge in [0.1, 0.15) is 6.10 Å². The maximum absolute atomic E-state index is 11.7. The molecule has 0 unspecified atom stereocenters. The largest absolute Gasteiger partial charge is 0.444 e. The summed E-state index contributed by atoms with van der Waals surface area (Å²) in [6, 6.07) is 4.88. The van der Waals surface area contributed by atoms with Gasteiger partial charge in [-0.15, -0.1) is 0 Å². The van der Waals surface area contributed by atoms with Crippen LogP contribution in [0.1, 0.15) is 13.8 Å². The molecule has 1 aliphatic rings. The smallest absolute Gasteiger partial charge is 0.415 e. The highest BCUT2D eigenvalue weighted by atomic mass is 35.5. The Morgan fingerprint density at radius 3 is 2.65 bits per heavy atom. The van der Waals surface area contributed by atoms with Gasteiger partial charge in [0.15, 0.2) is 0 Å². The van der Waals surface area contributed by atoms with E-state index in [1.165, 1.54) is 0 Å². The van der Waals surface area contributed by atoms with E-state index in [2.05, 4.69) is 4.85 Å². The molecule has 0 N–H and O–H groups in total. The summed E-state index contributed by atoms with van der Waals surface area (Å²) in [5.74, 6) is 0. The van der Waals surface area contributed by atoms with E-state index in [4.69, 9.17) is 22.9 Å². The molecule has 0 radical (unpaired) electrons. The SMILES string of the molecule is [C-]#[N+]c1ccc(N2C(=O)O[C@@H](C)[C@@H]2C)cc1Cl. The van der Waals surface area contributed by atoms with Crippen LogP contribution in [-0.4, -0.2) is 18.2 Å². The van der Waals surface area contributed by atoms with Gasteiger partial charge in [0.05, 0.1) is 12.6 Å². The van der Waals surface area contributed by atoms with Crippen molar-refractivity contribution in [2.24, 2.45) is 0 Å². The first-order chi connectivity index (χ1) is 8.04. The molecule has 0 spiro atoms. The Kier molecular flexibility index (Phi) is 2.95. The van der Waals surface area contributed by atoms with Crippen LogP contribution in [0.4, 0.5) is 16.2 Å². The fourth-order valence-corrected chi connectivity index (χ4v) is 1.98. The minimum Gasteiger partial charge on any atom is -0.444 e. The molecule has 2 rings (SSSR count). The van der Waals surface area contributed by atoms with Gasteiger partial charge in [0, 0.05) is 10.7 Å². The second-order valence-corrected chi connectivity index (χ2v) is 4.35. The Morgan fingerprint density at radius 1 is 1.47 bits per heavy atom. The zero-order valence-corrected chi connectivity index (χ0v) is 10.2. The molecule has 1 saturated heterocycles. The number of cyclic esters (lactones) is 1. The van der Waals surface area contributed by atoms with Crippen molar-refractivity contribution in [1.82, 2.24) is 0 Å². The van der Waals surface area contributed by atoms with E-state index in [0.29, 0.717) is 16.4 Å². The van der Waals surface area contributed by atoms with Gasteiger partial charge in [0.2, 0.25) is 5.69 Å². The van der Waals surface area contributed by atoms with Crippen molar-refractivity contribution in [2.45, 2.75) is 26.0 Å². The zero-order valence-electron chi connectivity index (χ0n) is 9.48. The zero-order chi connectivity index (χ0) is 12.6. The Hall–Kier alpha value is -1.73. The van der Waals surface area contributed by atoms with Crippen LogP contribution < -0.4 is 4.90 Å². The predicted octanol–water partition coefficient (Wildman–Crippen LogP) is 3.62. The highest BCUT2D eigenvalue weighted by Crippen LogP contribution is 2.33. The summed E-state index contributed by atoms with van der Waals surface area (Å²) in [6.07, 6.45) is -0.529. The topological polar surface area (TPSA) is 33.9 Å². The molecular weight excluding hydrogens is 240 g/mol. The first-order valence-electron chi connectivity index (χ1n) is 5.21. The number of nitrogens with zero attached hydrogens (tertiary/aromatic N) is 2. The molecule has 1 heterocycles. The number of amides is 1. The molecule has 0 aromatic heterocycles. The Labute approximate surface area is 105 Å². The molecule has 0 bridgehead atoms. The highest BCUT2D eigenvalue weighted by molar-refractivity contribution is 6.33. The summed E-state index contributed by atoms with van der Waals surface area (Å²) in [7, 11) is 0.